The Morgan fingerprint density at radius 2 is 1.54 bits per heavy atom. The number of pyridine rings is 1. The fourth-order valence-electron chi connectivity index (χ4n) is 2.95. The Hall–Kier alpha value is -4.21. The number of benzene rings is 2. The van der Waals surface area contributed by atoms with Gasteiger partial charge in [-0.25, -0.2) is 9.97 Å². The molecule has 0 fully saturated rings. The Kier molecular flexibility index (Phi) is 7.39. The van der Waals surface area contributed by atoms with Gasteiger partial charge in [0.1, 0.15) is 12.4 Å². The molecule has 180 valence electrons. The molecule has 2 heterocycles. The van der Waals surface area contributed by atoms with E-state index < -0.39 is 17.6 Å². The minimum Gasteiger partial charge on any atom is -0.475 e. The van der Waals surface area contributed by atoms with E-state index in [1.54, 1.807) is 24.3 Å². The molecule has 35 heavy (non-hydrogen) atoms. The van der Waals surface area contributed by atoms with Crippen LogP contribution >= 0.6 is 0 Å². The van der Waals surface area contributed by atoms with Gasteiger partial charge in [0.15, 0.2) is 0 Å². The van der Waals surface area contributed by atoms with E-state index in [1.807, 2.05) is 30.3 Å². The molecule has 2 aromatic heterocycles. The summed E-state index contributed by atoms with van der Waals surface area (Å²) >= 11 is 0. The number of hydrogen-bond acceptors (Lipinski definition) is 6. The van der Waals surface area contributed by atoms with Crippen molar-refractivity contribution in [2.75, 3.05) is 6.61 Å². The van der Waals surface area contributed by atoms with Gasteiger partial charge in [-0.05, 0) is 29.3 Å². The number of halogens is 4. The molecule has 0 saturated carbocycles. The molecule has 0 unspecified atom stereocenters. The molecule has 0 amide bonds. The molecule has 6 nitrogen and oxygen atoms in total. The van der Waals surface area contributed by atoms with Gasteiger partial charge < -0.3 is 14.2 Å². The lowest BCUT2D eigenvalue weighted by atomic mass is 10.1. The molecule has 0 radical (unpaired) electrons. The summed E-state index contributed by atoms with van der Waals surface area (Å²) < 4.78 is 68.3. The fourth-order valence-corrected chi connectivity index (χ4v) is 2.95. The van der Waals surface area contributed by atoms with Crippen LogP contribution in [0.25, 0.3) is 0 Å². The van der Waals surface area contributed by atoms with Crippen LogP contribution in [0, 0.1) is 5.82 Å². The molecule has 2 aromatic carbocycles. The van der Waals surface area contributed by atoms with Gasteiger partial charge >= 0.3 is 12.2 Å². The van der Waals surface area contributed by atoms with Gasteiger partial charge in [-0.3, -0.25) is 0 Å². The highest BCUT2D eigenvalue weighted by atomic mass is 19.4. The fraction of sp³-hybridized carbons (Fsp3) is 0.160. The normalized spacial score (nSPS) is 11.2. The van der Waals surface area contributed by atoms with E-state index >= 15 is 0 Å². The lowest BCUT2D eigenvalue weighted by Crippen LogP contribution is -2.07. The Labute approximate surface area is 198 Å². The summed E-state index contributed by atoms with van der Waals surface area (Å²) in [4.78, 5) is 11.5. The maximum Gasteiger partial charge on any atom is 0.417 e. The van der Waals surface area contributed by atoms with Crippen LogP contribution in [-0.2, 0) is 19.2 Å². The van der Waals surface area contributed by atoms with Crippen molar-refractivity contribution < 1.29 is 31.8 Å². The Bertz CT molecular complexity index is 1240. The largest absolute Gasteiger partial charge is 0.475 e. The van der Waals surface area contributed by atoms with E-state index in [9.17, 15) is 17.6 Å². The van der Waals surface area contributed by atoms with Crippen molar-refractivity contribution >= 4 is 0 Å². The molecule has 0 aliphatic carbocycles. The summed E-state index contributed by atoms with van der Waals surface area (Å²) in [6.45, 7) is 0.384. The molecule has 4 rings (SSSR count). The zero-order valence-corrected chi connectivity index (χ0v) is 18.2. The zero-order valence-electron chi connectivity index (χ0n) is 18.2. The lowest BCUT2D eigenvalue weighted by molar-refractivity contribution is -0.137. The molecule has 0 N–H and O–H groups in total. The second-order valence-corrected chi connectivity index (χ2v) is 7.31. The quantitative estimate of drug-likeness (QED) is 0.270. The minimum absolute atomic E-state index is 0.00336. The molecule has 0 aliphatic rings. The molecular formula is C25H19F4N3O3. The van der Waals surface area contributed by atoms with Crippen LogP contribution in [0.4, 0.5) is 17.6 Å². The SMILES string of the molecule is Fc1cnc(OCc2ccccc2)nc1OCCc1ccc(Oc2ccc(C(F)(F)F)cn2)cc1. The first-order chi connectivity index (χ1) is 16.9. The van der Waals surface area contributed by atoms with Crippen molar-refractivity contribution in [3.05, 3.63) is 102 Å². The summed E-state index contributed by atoms with van der Waals surface area (Å²) in [7, 11) is 0. The Balaban J connectivity index is 1.27. The van der Waals surface area contributed by atoms with Crippen molar-refractivity contribution in [3.63, 3.8) is 0 Å². The third-order valence-corrected chi connectivity index (χ3v) is 4.74. The third kappa shape index (κ3) is 6.89. The number of aromatic nitrogens is 3. The van der Waals surface area contributed by atoms with Gasteiger partial charge in [0.05, 0.1) is 18.4 Å². The number of alkyl halides is 3. The maximum atomic E-state index is 14.0. The van der Waals surface area contributed by atoms with Crippen molar-refractivity contribution in [1.82, 2.24) is 15.0 Å². The summed E-state index contributed by atoms with van der Waals surface area (Å²) in [5.41, 5.74) is 0.937. The lowest BCUT2D eigenvalue weighted by Gasteiger charge is -2.10. The minimum atomic E-state index is -4.46. The van der Waals surface area contributed by atoms with Crippen molar-refractivity contribution in [2.24, 2.45) is 0 Å². The van der Waals surface area contributed by atoms with Gasteiger partial charge in [-0.15, -0.1) is 0 Å². The second kappa shape index (κ2) is 10.8. The molecule has 0 bridgehead atoms. The monoisotopic (exact) mass is 485 g/mol. The number of ether oxygens (including phenoxy) is 3. The van der Waals surface area contributed by atoms with Crippen molar-refractivity contribution in [2.45, 2.75) is 19.2 Å². The average molecular weight is 485 g/mol. The molecule has 0 saturated heterocycles. The molecule has 0 aliphatic heterocycles. The number of rotatable bonds is 9. The standard InChI is InChI=1S/C25H19F4N3O3/c26-21-15-31-24(34-16-18-4-2-1-3-5-18)32-23(21)33-13-12-17-6-9-20(10-7-17)35-22-11-8-19(14-30-22)25(27,28)29/h1-11,14-15H,12-13,16H2. The first kappa shape index (κ1) is 23.9. The topological polar surface area (TPSA) is 66.4 Å². The first-order valence-corrected chi connectivity index (χ1v) is 10.5. The smallest absolute Gasteiger partial charge is 0.417 e. The summed E-state index contributed by atoms with van der Waals surface area (Å²) in [5, 5.41) is 0. The van der Waals surface area contributed by atoms with E-state index in [0.717, 1.165) is 29.5 Å². The first-order valence-electron chi connectivity index (χ1n) is 10.5. The van der Waals surface area contributed by atoms with Crippen LogP contribution in [0.5, 0.6) is 23.5 Å². The van der Waals surface area contributed by atoms with E-state index in [1.165, 1.54) is 0 Å². The molecule has 4 aromatic rings. The number of hydrogen-bond donors (Lipinski definition) is 0. The van der Waals surface area contributed by atoms with Gasteiger partial charge in [-0.2, -0.15) is 22.5 Å². The average Bonchev–Trinajstić information content (AvgIpc) is 2.86. The highest BCUT2D eigenvalue weighted by Crippen LogP contribution is 2.30. The summed E-state index contributed by atoms with van der Waals surface area (Å²) in [6.07, 6.45) is -2.31. The van der Waals surface area contributed by atoms with Gasteiger partial charge in [0.2, 0.25) is 11.7 Å². The predicted molar refractivity (Wildman–Crippen MR) is 118 cm³/mol. The maximum absolute atomic E-state index is 14.0. The van der Waals surface area contributed by atoms with Crippen molar-refractivity contribution in [3.8, 4) is 23.5 Å². The van der Waals surface area contributed by atoms with E-state index in [4.69, 9.17) is 14.2 Å². The van der Waals surface area contributed by atoms with Gasteiger partial charge in [-0.1, -0.05) is 42.5 Å². The second-order valence-electron chi connectivity index (χ2n) is 7.31. The molecular weight excluding hydrogens is 466 g/mol. The van der Waals surface area contributed by atoms with Gasteiger partial charge in [0.25, 0.3) is 5.88 Å². The highest BCUT2D eigenvalue weighted by Gasteiger charge is 2.30. The Morgan fingerprint density at radius 1 is 0.771 bits per heavy atom. The van der Waals surface area contributed by atoms with Crippen LogP contribution in [0.1, 0.15) is 16.7 Å². The van der Waals surface area contributed by atoms with Crippen LogP contribution in [0.2, 0.25) is 0 Å². The molecule has 0 atom stereocenters. The Morgan fingerprint density at radius 3 is 2.23 bits per heavy atom. The number of nitrogens with zero attached hydrogens (tertiary/aromatic N) is 3. The van der Waals surface area contributed by atoms with Crippen LogP contribution in [0.15, 0.2) is 79.1 Å². The molecule has 10 heteroatoms. The zero-order chi connectivity index (χ0) is 24.7. The van der Waals surface area contributed by atoms with E-state index in [-0.39, 0.29) is 31.0 Å². The van der Waals surface area contributed by atoms with E-state index in [0.29, 0.717) is 18.4 Å². The van der Waals surface area contributed by atoms with Crippen LogP contribution in [0.3, 0.4) is 0 Å². The summed E-state index contributed by atoms with van der Waals surface area (Å²) in [5.74, 6) is -0.469. The molecule has 0 spiro atoms. The predicted octanol–water partition coefficient (Wildman–Crippen LogP) is 6.02. The van der Waals surface area contributed by atoms with Crippen molar-refractivity contribution in [1.29, 1.82) is 0 Å². The third-order valence-electron chi connectivity index (χ3n) is 4.74. The van der Waals surface area contributed by atoms with E-state index in [2.05, 4.69) is 15.0 Å². The van der Waals surface area contributed by atoms with Gasteiger partial charge in [0, 0.05) is 18.7 Å². The summed E-state index contributed by atoms with van der Waals surface area (Å²) in [6, 6.07) is 18.3. The van der Waals surface area contributed by atoms with Crippen LogP contribution in [-0.4, -0.2) is 21.6 Å². The van der Waals surface area contributed by atoms with Crippen LogP contribution < -0.4 is 14.2 Å². The highest BCUT2D eigenvalue weighted by molar-refractivity contribution is 5.31.